The van der Waals surface area contributed by atoms with Crippen LogP contribution in [0.5, 0.6) is 0 Å². The lowest BCUT2D eigenvalue weighted by Crippen LogP contribution is -2.44. The van der Waals surface area contributed by atoms with Gasteiger partial charge >= 0.3 is 12.5 Å². The average Bonchev–Trinajstić information content (AvgIpc) is 1.81. The Balaban J connectivity index is 4.58. The van der Waals surface area contributed by atoms with Crippen molar-refractivity contribution in [2.24, 2.45) is 5.41 Å². The molecule has 0 saturated heterocycles. The number of ether oxygens (including phenoxy) is 1. The van der Waals surface area contributed by atoms with Crippen LogP contribution >= 0.6 is 0 Å². The molecule has 0 aliphatic carbocycles. The van der Waals surface area contributed by atoms with Crippen LogP contribution in [0.15, 0.2) is 0 Å². The van der Waals surface area contributed by atoms with Crippen LogP contribution in [0.1, 0.15) is 13.8 Å². The first-order valence-electron chi connectivity index (χ1n) is 3.22. The molecule has 0 aromatic heterocycles. The molecule has 0 aliphatic rings. The molecule has 80 valence electrons. The topological polar surface area (TPSA) is 9.23 Å². The minimum absolute atomic E-state index is 0.638. The molecule has 0 fully saturated rings. The molecule has 0 aromatic rings. The van der Waals surface area contributed by atoms with Gasteiger partial charge in [0.05, 0.1) is 5.41 Å². The lowest BCUT2D eigenvalue weighted by atomic mass is 9.94. The van der Waals surface area contributed by atoms with Crippen LogP contribution in [-0.2, 0) is 4.74 Å². The van der Waals surface area contributed by atoms with Crippen LogP contribution in [0.3, 0.4) is 0 Å². The highest BCUT2D eigenvalue weighted by Crippen LogP contribution is 2.41. The first-order chi connectivity index (χ1) is 5.52. The van der Waals surface area contributed by atoms with Gasteiger partial charge in [0.1, 0.15) is 6.67 Å². The van der Waals surface area contributed by atoms with Gasteiger partial charge in [-0.1, -0.05) is 0 Å². The minimum atomic E-state index is -5.48. The predicted octanol–water partition coefficient (Wildman–Crippen LogP) is 3.11. The quantitative estimate of drug-likeness (QED) is 0.650. The Morgan fingerprint density at radius 2 is 1.38 bits per heavy atom. The van der Waals surface area contributed by atoms with Crippen LogP contribution < -0.4 is 0 Å². The van der Waals surface area contributed by atoms with Crippen LogP contribution in [0.2, 0.25) is 0 Å². The Bertz CT molecular complexity index is 172. The molecule has 0 unspecified atom stereocenters. The third kappa shape index (κ3) is 3.41. The van der Waals surface area contributed by atoms with Gasteiger partial charge in [-0.3, -0.25) is 4.39 Å². The van der Waals surface area contributed by atoms with Gasteiger partial charge < -0.3 is 0 Å². The molecule has 13 heavy (non-hydrogen) atoms. The molecule has 0 aromatic carbocycles. The van der Waals surface area contributed by atoms with Crippen molar-refractivity contribution in [2.45, 2.75) is 26.3 Å². The third-order valence-corrected chi connectivity index (χ3v) is 1.37. The molecule has 0 atom stereocenters. The lowest BCUT2D eigenvalue weighted by molar-refractivity contribution is -0.449. The largest absolute Gasteiger partial charge is 0.527 e. The van der Waals surface area contributed by atoms with Gasteiger partial charge in [-0.15, -0.1) is 13.2 Å². The Morgan fingerprint density at radius 1 is 1.00 bits per heavy atom. The third-order valence-electron chi connectivity index (χ3n) is 1.37. The Kier molecular flexibility index (Phi) is 3.24. The van der Waals surface area contributed by atoms with E-state index in [-0.39, 0.29) is 0 Å². The van der Waals surface area contributed by atoms with Crippen molar-refractivity contribution in [1.29, 1.82) is 0 Å². The molecule has 0 amide bonds. The van der Waals surface area contributed by atoms with Crippen molar-refractivity contribution in [2.75, 3.05) is 6.67 Å². The van der Waals surface area contributed by atoms with Crippen molar-refractivity contribution < 1.29 is 31.1 Å². The maximum Gasteiger partial charge on any atom is 0.527 e. The lowest BCUT2D eigenvalue weighted by Gasteiger charge is -2.30. The van der Waals surface area contributed by atoms with Gasteiger partial charge in [0.15, 0.2) is 0 Å². The molecule has 1 nitrogen and oxygen atoms in total. The molecule has 0 rings (SSSR count). The fourth-order valence-electron chi connectivity index (χ4n) is 0.361. The Hall–Kier alpha value is -0.460. The summed E-state index contributed by atoms with van der Waals surface area (Å²) in [4.78, 5) is 0. The SMILES string of the molecule is CC(C)(CF)C(F)(F)OC(F)(F)F. The van der Waals surface area contributed by atoms with Crippen LogP contribution in [0.25, 0.3) is 0 Å². The van der Waals surface area contributed by atoms with Crippen LogP contribution in [0, 0.1) is 5.41 Å². The summed E-state index contributed by atoms with van der Waals surface area (Å²) in [7, 11) is 0. The van der Waals surface area contributed by atoms with E-state index in [9.17, 15) is 26.3 Å². The predicted molar refractivity (Wildman–Crippen MR) is 31.8 cm³/mol. The van der Waals surface area contributed by atoms with Gasteiger partial charge in [0.25, 0.3) is 0 Å². The molecule has 0 heterocycles. The standard InChI is InChI=1S/C6H8F6O/c1-4(2,3-7)5(8,9)13-6(10,11)12/h3H2,1-2H3. The normalized spacial score (nSPS) is 14.8. The van der Waals surface area contributed by atoms with Gasteiger partial charge in [0, 0.05) is 0 Å². The Morgan fingerprint density at radius 3 is 1.62 bits per heavy atom. The second-order valence-electron chi connectivity index (χ2n) is 3.08. The van der Waals surface area contributed by atoms with Gasteiger partial charge in [-0.25, -0.2) is 4.74 Å². The van der Waals surface area contributed by atoms with Gasteiger partial charge in [-0.2, -0.15) is 8.78 Å². The number of halogens is 6. The summed E-state index contributed by atoms with van der Waals surface area (Å²) in [5.74, 6) is 0. The Labute approximate surface area is 70.7 Å². The zero-order valence-electron chi connectivity index (χ0n) is 6.88. The monoisotopic (exact) mass is 210 g/mol. The summed E-state index contributed by atoms with van der Waals surface area (Å²) in [5, 5.41) is 0. The number of alkyl halides is 6. The second kappa shape index (κ2) is 3.36. The molecule has 0 N–H and O–H groups in total. The number of hydrogen-bond donors (Lipinski definition) is 0. The van der Waals surface area contributed by atoms with Crippen molar-refractivity contribution >= 4 is 0 Å². The summed E-state index contributed by atoms with van der Waals surface area (Å²) in [5.41, 5.74) is -2.50. The summed E-state index contributed by atoms with van der Waals surface area (Å²) in [6.07, 6.45) is -10.0. The van der Waals surface area contributed by atoms with Crippen molar-refractivity contribution in [3.63, 3.8) is 0 Å². The van der Waals surface area contributed by atoms with E-state index in [0.717, 1.165) is 0 Å². The van der Waals surface area contributed by atoms with E-state index >= 15 is 0 Å². The van der Waals surface area contributed by atoms with Crippen LogP contribution in [0.4, 0.5) is 26.3 Å². The van der Waals surface area contributed by atoms with Crippen LogP contribution in [-0.4, -0.2) is 19.1 Å². The second-order valence-corrected chi connectivity index (χ2v) is 3.08. The highest BCUT2D eigenvalue weighted by Gasteiger charge is 2.55. The fourth-order valence-corrected chi connectivity index (χ4v) is 0.361. The summed E-state index contributed by atoms with van der Waals surface area (Å²) in [6, 6.07) is 0. The molecule has 0 aliphatic heterocycles. The van der Waals surface area contributed by atoms with E-state index in [1.54, 1.807) is 0 Å². The minimum Gasteiger partial charge on any atom is -0.250 e. The molecular weight excluding hydrogens is 202 g/mol. The fraction of sp³-hybridized carbons (Fsp3) is 1.00. The average molecular weight is 210 g/mol. The smallest absolute Gasteiger partial charge is 0.250 e. The molecular formula is C6H8F6O. The van der Waals surface area contributed by atoms with E-state index in [0.29, 0.717) is 13.8 Å². The van der Waals surface area contributed by atoms with E-state index in [1.807, 2.05) is 0 Å². The maximum atomic E-state index is 12.5. The zero-order chi connectivity index (χ0) is 10.9. The molecule has 0 saturated carbocycles. The van der Waals surface area contributed by atoms with E-state index in [4.69, 9.17) is 0 Å². The summed E-state index contributed by atoms with van der Waals surface area (Å²) >= 11 is 0. The van der Waals surface area contributed by atoms with E-state index < -0.39 is 24.6 Å². The van der Waals surface area contributed by atoms with Gasteiger partial charge in [-0.05, 0) is 13.8 Å². The summed E-state index contributed by atoms with van der Waals surface area (Å²) in [6.45, 7) is -0.340. The van der Waals surface area contributed by atoms with E-state index in [1.165, 1.54) is 0 Å². The zero-order valence-corrected chi connectivity index (χ0v) is 6.88. The first kappa shape index (κ1) is 12.5. The molecule has 7 heteroatoms. The molecule has 0 radical (unpaired) electrons. The number of hydrogen-bond acceptors (Lipinski definition) is 1. The van der Waals surface area contributed by atoms with E-state index in [2.05, 4.69) is 4.74 Å². The number of rotatable bonds is 3. The molecule has 0 bridgehead atoms. The van der Waals surface area contributed by atoms with Crippen molar-refractivity contribution in [1.82, 2.24) is 0 Å². The highest BCUT2D eigenvalue weighted by molar-refractivity contribution is 4.77. The molecule has 0 spiro atoms. The first-order valence-corrected chi connectivity index (χ1v) is 3.22. The van der Waals surface area contributed by atoms with Crippen molar-refractivity contribution in [3.05, 3.63) is 0 Å². The highest BCUT2D eigenvalue weighted by atomic mass is 19.4. The summed E-state index contributed by atoms with van der Waals surface area (Å²) < 4.78 is 73.6. The van der Waals surface area contributed by atoms with Crippen molar-refractivity contribution in [3.8, 4) is 0 Å². The maximum absolute atomic E-state index is 12.5. The van der Waals surface area contributed by atoms with Gasteiger partial charge in [0.2, 0.25) is 0 Å².